The van der Waals surface area contributed by atoms with Crippen molar-refractivity contribution >= 4 is 47.3 Å². The second-order valence-electron chi connectivity index (χ2n) is 12.9. The number of aliphatic hydroxyl groups excluding tert-OH is 4. The van der Waals surface area contributed by atoms with Gasteiger partial charge < -0.3 is 68.7 Å². The lowest BCUT2D eigenvalue weighted by Gasteiger charge is -2.28. The molecule has 1 aromatic rings. The zero-order valence-corrected chi connectivity index (χ0v) is 30.7. The Hall–Kier alpha value is -5.22. The smallest absolute Gasteiger partial charge is 0.245 e. The van der Waals surface area contributed by atoms with Gasteiger partial charge in [-0.2, -0.15) is 0 Å². The van der Waals surface area contributed by atoms with E-state index in [1.807, 2.05) is 0 Å². The lowest BCUT2D eigenvalue weighted by Crippen LogP contribution is -2.62. The van der Waals surface area contributed by atoms with Gasteiger partial charge in [0.25, 0.3) is 0 Å². The van der Waals surface area contributed by atoms with Gasteiger partial charge in [0.1, 0.15) is 42.3 Å². The minimum Gasteiger partial charge on any atom is -0.394 e. The predicted molar refractivity (Wildman–Crippen MR) is 193 cm³/mol. The van der Waals surface area contributed by atoms with Crippen LogP contribution in [0.5, 0.6) is 0 Å². The van der Waals surface area contributed by atoms with Crippen LogP contribution in [0.25, 0.3) is 0 Å². The Kier molecular flexibility index (Phi) is 19.7. The van der Waals surface area contributed by atoms with Gasteiger partial charge in [-0.1, -0.05) is 30.3 Å². The van der Waals surface area contributed by atoms with Crippen LogP contribution >= 0.6 is 0 Å². The van der Waals surface area contributed by atoms with Gasteiger partial charge in [0.05, 0.1) is 25.9 Å². The second-order valence-corrected chi connectivity index (χ2v) is 12.9. The van der Waals surface area contributed by atoms with Crippen LogP contribution < -0.4 is 48.3 Å². The number of hydrogen-bond acceptors (Lipinski definition) is 13. The summed E-state index contributed by atoms with van der Waals surface area (Å²) in [6.07, 6.45) is -1.70. The first-order valence-corrected chi connectivity index (χ1v) is 17.8. The molecule has 1 aliphatic heterocycles. The molecule has 1 aliphatic rings. The maximum absolute atomic E-state index is 13.5. The van der Waals surface area contributed by atoms with Gasteiger partial charge in [-0.3, -0.25) is 38.4 Å². The van der Waals surface area contributed by atoms with Crippen LogP contribution in [-0.4, -0.2) is 149 Å². The van der Waals surface area contributed by atoms with Gasteiger partial charge in [0, 0.05) is 19.4 Å². The Balaban J connectivity index is 2.28. The van der Waals surface area contributed by atoms with E-state index in [0.29, 0.717) is 5.56 Å². The third kappa shape index (κ3) is 15.2. The molecule has 1 aromatic carbocycles. The first-order valence-electron chi connectivity index (χ1n) is 17.8. The molecule has 0 bridgehead atoms. The van der Waals surface area contributed by atoms with E-state index in [4.69, 9.17) is 5.73 Å². The zero-order valence-electron chi connectivity index (χ0n) is 30.7. The van der Waals surface area contributed by atoms with Crippen molar-refractivity contribution < 1.29 is 58.8 Å². The molecular weight excluding hydrogens is 726 g/mol. The third-order valence-corrected chi connectivity index (χ3v) is 8.65. The molecule has 0 aromatic heterocycles. The number of amides is 8. The Labute approximate surface area is 317 Å². The van der Waals surface area contributed by atoms with Gasteiger partial charge in [0.15, 0.2) is 0 Å². The number of carbonyl (C=O) groups excluding carboxylic acids is 8. The highest BCUT2D eigenvalue weighted by Gasteiger charge is 2.35. The number of nitrogens with one attached hydrogen (secondary N) is 8. The molecule has 0 spiro atoms. The molecule has 21 heteroatoms. The van der Waals surface area contributed by atoms with Gasteiger partial charge in [-0.25, -0.2) is 0 Å². The van der Waals surface area contributed by atoms with E-state index >= 15 is 0 Å². The molecule has 1 heterocycles. The molecular formula is C34H53N9O12. The Morgan fingerprint density at radius 3 is 2.09 bits per heavy atom. The van der Waals surface area contributed by atoms with Crippen molar-refractivity contribution in [2.45, 2.75) is 93.8 Å². The van der Waals surface area contributed by atoms with Crippen LogP contribution in [0, 0.1) is 0 Å². The fraction of sp³-hybridized carbons (Fsp3) is 0.588. The number of nitrogens with two attached hydrogens (primary N) is 1. The highest BCUT2D eigenvalue weighted by Crippen LogP contribution is 2.08. The highest BCUT2D eigenvalue weighted by molar-refractivity contribution is 5.97. The Morgan fingerprint density at radius 1 is 0.836 bits per heavy atom. The average Bonchev–Trinajstić information content (AvgIpc) is 3.15. The van der Waals surface area contributed by atoms with Crippen molar-refractivity contribution in [3.63, 3.8) is 0 Å². The van der Waals surface area contributed by atoms with Crippen molar-refractivity contribution in [3.05, 3.63) is 35.9 Å². The number of hydrogen-bond donors (Lipinski definition) is 13. The number of aliphatic hydroxyl groups is 4. The molecule has 1 saturated heterocycles. The van der Waals surface area contributed by atoms with E-state index in [9.17, 15) is 58.8 Å². The molecule has 1 fully saturated rings. The highest BCUT2D eigenvalue weighted by atomic mass is 16.3. The van der Waals surface area contributed by atoms with Crippen molar-refractivity contribution in [1.82, 2.24) is 42.5 Å². The Morgan fingerprint density at radius 2 is 1.51 bits per heavy atom. The van der Waals surface area contributed by atoms with E-state index < -0.39 is 115 Å². The summed E-state index contributed by atoms with van der Waals surface area (Å²) >= 11 is 0. The third-order valence-electron chi connectivity index (χ3n) is 8.65. The number of rotatable bonds is 14. The Bertz CT molecular complexity index is 1480. The second kappa shape index (κ2) is 23.5. The quantitative estimate of drug-likeness (QED) is 0.0837. The average molecular weight is 780 g/mol. The lowest BCUT2D eigenvalue weighted by atomic mass is 10.0. The fourth-order valence-electron chi connectivity index (χ4n) is 5.38. The van der Waals surface area contributed by atoms with Crippen molar-refractivity contribution in [2.24, 2.45) is 5.73 Å². The SMILES string of the molecule is CNC(CO)C(=O)NC1CCC(=O)NCCCCC(C(=O)NC(CO)C(=O)NC(Cc2ccccc2)C(N)=O)NC(=O)C(CO)NC(=O)C(C(C)O)NC1=O. The van der Waals surface area contributed by atoms with Gasteiger partial charge >= 0.3 is 0 Å². The van der Waals surface area contributed by atoms with Crippen molar-refractivity contribution in [3.8, 4) is 0 Å². The van der Waals surface area contributed by atoms with E-state index in [1.165, 1.54) is 7.05 Å². The molecule has 0 radical (unpaired) electrons. The topological polar surface area (TPSA) is 340 Å². The molecule has 8 amide bonds. The largest absolute Gasteiger partial charge is 0.394 e. The minimum absolute atomic E-state index is 0.0238. The molecule has 14 N–H and O–H groups in total. The minimum atomic E-state index is -1.74. The molecule has 21 nitrogen and oxygen atoms in total. The van der Waals surface area contributed by atoms with Crippen LogP contribution in [-0.2, 0) is 44.8 Å². The lowest BCUT2D eigenvalue weighted by molar-refractivity contribution is -0.137. The summed E-state index contributed by atoms with van der Waals surface area (Å²) in [6, 6.07) is -1.56. The molecule has 0 aliphatic carbocycles. The zero-order chi connectivity index (χ0) is 41.1. The first kappa shape index (κ1) is 45.9. The van der Waals surface area contributed by atoms with Crippen LogP contribution in [0.2, 0.25) is 0 Å². The number of primary amides is 1. The van der Waals surface area contributed by atoms with Crippen molar-refractivity contribution in [2.75, 3.05) is 33.4 Å². The molecule has 8 unspecified atom stereocenters. The fourth-order valence-corrected chi connectivity index (χ4v) is 5.38. The first-order chi connectivity index (χ1) is 26.1. The summed E-state index contributed by atoms with van der Waals surface area (Å²) in [7, 11) is 1.40. The van der Waals surface area contributed by atoms with Crippen LogP contribution in [0.15, 0.2) is 30.3 Å². The summed E-state index contributed by atoms with van der Waals surface area (Å²) in [5, 5.41) is 59.1. The number of carbonyl (C=O) groups is 8. The summed E-state index contributed by atoms with van der Waals surface area (Å²) in [5.74, 6) is -7.27. The maximum Gasteiger partial charge on any atom is 0.245 e. The maximum atomic E-state index is 13.5. The standard InChI is InChI=1S/C34H53N9O12/c1-18(47)27-34(55)42-25(17-46)32(53)38-20(29(50)41-24(16-45)33(54)40-22(28(35)49)14-19-8-4-3-5-9-19)10-6-7-13-37-26(48)12-11-21(30(51)43-27)39-31(52)23(15-44)36-2/h3-5,8-9,18,20-25,27,36,44-47H,6-7,10-17H2,1-2H3,(H2,35,49)(H,37,48)(H,38,53)(H,39,52)(H,40,54)(H,41,50)(H,42,55)(H,43,51). The van der Waals surface area contributed by atoms with Crippen LogP contribution in [0.1, 0.15) is 44.6 Å². The molecule has 2 rings (SSSR count). The van der Waals surface area contributed by atoms with Gasteiger partial charge in [0.2, 0.25) is 47.3 Å². The van der Waals surface area contributed by atoms with E-state index in [0.717, 1.165) is 6.92 Å². The van der Waals surface area contributed by atoms with Gasteiger partial charge in [-0.15, -0.1) is 0 Å². The normalized spacial score (nSPS) is 22.7. The summed E-state index contributed by atoms with van der Waals surface area (Å²) < 4.78 is 0. The molecule has 306 valence electrons. The number of likely N-dealkylation sites (N-methyl/N-ethyl adjacent to an activating group) is 1. The molecule has 8 atom stereocenters. The van der Waals surface area contributed by atoms with E-state index in [-0.39, 0.29) is 45.1 Å². The van der Waals surface area contributed by atoms with Crippen molar-refractivity contribution in [1.29, 1.82) is 0 Å². The summed E-state index contributed by atoms with van der Waals surface area (Å²) in [4.78, 5) is 104. The monoisotopic (exact) mass is 779 g/mol. The van der Waals surface area contributed by atoms with E-state index in [1.54, 1.807) is 30.3 Å². The van der Waals surface area contributed by atoms with Crippen LogP contribution in [0.4, 0.5) is 0 Å². The molecule has 55 heavy (non-hydrogen) atoms. The van der Waals surface area contributed by atoms with Crippen LogP contribution in [0.3, 0.4) is 0 Å². The summed E-state index contributed by atoms with van der Waals surface area (Å²) in [6.45, 7) is -1.29. The number of benzene rings is 1. The van der Waals surface area contributed by atoms with Gasteiger partial charge in [-0.05, 0) is 45.2 Å². The van der Waals surface area contributed by atoms with E-state index in [2.05, 4.69) is 42.5 Å². The molecule has 0 saturated carbocycles. The predicted octanol–water partition coefficient (Wildman–Crippen LogP) is -6.35. The summed E-state index contributed by atoms with van der Waals surface area (Å²) in [5.41, 5.74) is 6.16.